The fourth-order valence-electron chi connectivity index (χ4n) is 2.81. The SMILES string of the molecule is CC(C)C(N)C(=O)N1CCC[C@H]1C(=O)C(C(N)=O)C(C)C. The van der Waals surface area contributed by atoms with E-state index in [0.29, 0.717) is 13.0 Å². The van der Waals surface area contributed by atoms with Gasteiger partial charge in [-0.05, 0) is 24.7 Å². The van der Waals surface area contributed by atoms with Crippen LogP contribution >= 0.6 is 0 Å². The van der Waals surface area contributed by atoms with Crippen LogP contribution in [0.1, 0.15) is 40.5 Å². The summed E-state index contributed by atoms with van der Waals surface area (Å²) >= 11 is 0. The normalized spacial score (nSPS) is 21.7. The van der Waals surface area contributed by atoms with Gasteiger partial charge in [-0.3, -0.25) is 14.4 Å². The number of hydrogen-bond donors (Lipinski definition) is 2. The van der Waals surface area contributed by atoms with Crippen LogP contribution in [-0.4, -0.2) is 41.1 Å². The zero-order valence-corrected chi connectivity index (χ0v) is 13.3. The minimum Gasteiger partial charge on any atom is -0.369 e. The van der Waals surface area contributed by atoms with Gasteiger partial charge < -0.3 is 16.4 Å². The summed E-state index contributed by atoms with van der Waals surface area (Å²) in [4.78, 5) is 38.1. The van der Waals surface area contributed by atoms with E-state index in [1.807, 2.05) is 13.8 Å². The molecule has 0 spiro atoms. The Morgan fingerprint density at radius 2 is 1.67 bits per heavy atom. The van der Waals surface area contributed by atoms with Crippen LogP contribution in [0.2, 0.25) is 0 Å². The summed E-state index contributed by atoms with van der Waals surface area (Å²) in [5.74, 6) is -2.11. The first-order valence-electron chi connectivity index (χ1n) is 7.57. The molecule has 1 aliphatic rings. The largest absolute Gasteiger partial charge is 0.369 e. The summed E-state index contributed by atoms with van der Waals surface area (Å²) in [5, 5.41) is 0. The number of nitrogens with two attached hydrogens (primary N) is 2. The lowest BCUT2D eigenvalue weighted by atomic mass is 9.86. The third-order valence-electron chi connectivity index (χ3n) is 4.15. The Morgan fingerprint density at radius 3 is 2.10 bits per heavy atom. The van der Waals surface area contributed by atoms with Crippen LogP contribution in [-0.2, 0) is 14.4 Å². The maximum absolute atomic E-state index is 12.6. The first-order valence-corrected chi connectivity index (χ1v) is 7.57. The van der Waals surface area contributed by atoms with Crippen LogP contribution in [0.5, 0.6) is 0 Å². The van der Waals surface area contributed by atoms with Gasteiger partial charge in [0.1, 0.15) is 5.92 Å². The van der Waals surface area contributed by atoms with E-state index in [1.54, 1.807) is 13.8 Å². The van der Waals surface area contributed by atoms with Crippen LogP contribution in [0.4, 0.5) is 0 Å². The van der Waals surface area contributed by atoms with E-state index >= 15 is 0 Å². The van der Waals surface area contributed by atoms with Crippen LogP contribution in [0.25, 0.3) is 0 Å². The van der Waals surface area contributed by atoms with Crippen molar-refractivity contribution in [3.05, 3.63) is 0 Å². The molecule has 0 aromatic rings. The summed E-state index contributed by atoms with van der Waals surface area (Å²) in [6, 6.07) is -1.19. The Bertz CT molecular complexity index is 420. The van der Waals surface area contributed by atoms with Crippen LogP contribution in [0, 0.1) is 17.8 Å². The average molecular weight is 297 g/mol. The molecular formula is C15H27N3O3. The maximum atomic E-state index is 12.6. The van der Waals surface area contributed by atoms with Gasteiger partial charge in [0.05, 0.1) is 12.1 Å². The molecule has 0 aromatic heterocycles. The molecule has 21 heavy (non-hydrogen) atoms. The molecule has 0 aromatic carbocycles. The first kappa shape index (κ1) is 17.6. The van der Waals surface area contributed by atoms with E-state index in [4.69, 9.17) is 11.5 Å². The lowest BCUT2D eigenvalue weighted by Gasteiger charge is -2.30. The van der Waals surface area contributed by atoms with Crippen molar-refractivity contribution in [1.29, 1.82) is 0 Å². The molecule has 0 radical (unpaired) electrons. The minimum absolute atomic E-state index is 0.00545. The van der Waals surface area contributed by atoms with Crippen molar-refractivity contribution < 1.29 is 14.4 Å². The van der Waals surface area contributed by atoms with Crippen LogP contribution < -0.4 is 11.5 Å². The third-order valence-corrected chi connectivity index (χ3v) is 4.15. The van der Waals surface area contributed by atoms with Gasteiger partial charge in [0.15, 0.2) is 5.78 Å². The number of carbonyl (C=O) groups is 3. The molecule has 1 rings (SSSR count). The van der Waals surface area contributed by atoms with E-state index in [2.05, 4.69) is 0 Å². The Kier molecular flexibility index (Phi) is 5.89. The molecule has 4 N–H and O–H groups in total. The van der Waals surface area contributed by atoms with E-state index in [1.165, 1.54) is 4.90 Å². The van der Waals surface area contributed by atoms with Gasteiger partial charge in [0.25, 0.3) is 0 Å². The topological polar surface area (TPSA) is 106 Å². The molecule has 2 amide bonds. The van der Waals surface area contributed by atoms with Crippen LogP contribution in [0.3, 0.4) is 0 Å². The number of hydrogen-bond acceptors (Lipinski definition) is 4. The zero-order chi connectivity index (χ0) is 16.3. The predicted molar refractivity (Wildman–Crippen MR) is 80.1 cm³/mol. The molecule has 120 valence electrons. The number of nitrogens with zero attached hydrogens (tertiary/aromatic N) is 1. The number of primary amides is 1. The van der Waals surface area contributed by atoms with Crippen LogP contribution in [0.15, 0.2) is 0 Å². The monoisotopic (exact) mass is 297 g/mol. The van der Waals surface area contributed by atoms with E-state index in [9.17, 15) is 14.4 Å². The van der Waals surface area contributed by atoms with Crippen molar-refractivity contribution in [2.75, 3.05) is 6.54 Å². The van der Waals surface area contributed by atoms with Crippen molar-refractivity contribution >= 4 is 17.6 Å². The number of rotatable bonds is 6. The first-order chi connectivity index (χ1) is 9.68. The van der Waals surface area contributed by atoms with Gasteiger partial charge in [-0.2, -0.15) is 0 Å². The summed E-state index contributed by atoms with van der Waals surface area (Å²) in [7, 11) is 0. The highest BCUT2D eigenvalue weighted by Crippen LogP contribution is 2.25. The second kappa shape index (κ2) is 7.02. The molecule has 2 unspecified atom stereocenters. The van der Waals surface area contributed by atoms with Crippen molar-refractivity contribution in [2.45, 2.75) is 52.6 Å². The Labute approximate surface area is 126 Å². The molecule has 1 fully saturated rings. The van der Waals surface area contributed by atoms with Gasteiger partial charge in [-0.15, -0.1) is 0 Å². The summed E-state index contributed by atoms with van der Waals surface area (Å²) in [6.45, 7) is 7.83. The zero-order valence-electron chi connectivity index (χ0n) is 13.3. The Morgan fingerprint density at radius 1 is 1.10 bits per heavy atom. The van der Waals surface area contributed by atoms with E-state index in [-0.39, 0.29) is 23.5 Å². The standard InChI is InChI=1S/C15H27N3O3/c1-8(2)11(14(17)20)13(19)10-6-5-7-18(10)15(21)12(16)9(3)4/h8-12H,5-7,16H2,1-4H3,(H2,17,20)/t10-,11?,12?/m0/s1. The Balaban J connectivity index is 2.93. The van der Waals surface area contributed by atoms with Gasteiger partial charge in [-0.1, -0.05) is 27.7 Å². The highest BCUT2D eigenvalue weighted by molar-refractivity contribution is 6.05. The highest BCUT2D eigenvalue weighted by Gasteiger charge is 2.41. The van der Waals surface area contributed by atoms with Crippen molar-refractivity contribution in [2.24, 2.45) is 29.2 Å². The van der Waals surface area contributed by atoms with Gasteiger partial charge >= 0.3 is 0 Å². The average Bonchev–Trinajstić information content (AvgIpc) is 2.84. The predicted octanol–water partition coefficient (Wildman–Crippen LogP) is 0.287. The molecule has 1 saturated heterocycles. The third kappa shape index (κ3) is 3.81. The lowest BCUT2D eigenvalue weighted by Crippen LogP contribution is -2.53. The molecule has 0 aliphatic carbocycles. The molecule has 1 aliphatic heterocycles. The fourth-order valence-corrected chi connectivity index (χ4v) is 2.81. The number of carbonyl (C=O) groups excluding carboxylic acids is 3. The number of likely N-dealkylation sites (tertiary alicyclic amines) is 1. The quantitative estimate of drug-likeness (QED) is 0.687. The van der Waals surface area contributed by atoms with Gasteiger partial charge in [0, 0.05) is 6.54 Å². The second-order valence-corrected chi connectivity index (χ2v) is 6.49. The smallest absolute Gasteiger partial charge is 0.240 e. The van der Waals surface area contributed by atoms with Crippen molar-refractivity contribution in [3.63, 3.8) is 0 Å². The lowest BCUT2D eigenvalue weighted by molar-refractivity contribution is -0.144. The minimum atomic E-state index is -0.848. The number of ketones is 1. The Hall–Kier alpha value is -1.43. The van der Waals surface area contributed by atoms with Crippen molar-refractivity contribution in [1.82, 2.24) is 4.90 Å². The molecule has 6 nitrogen and oxygen atoms in total. The molecular weight excluding hydrogens is 270 g/mol. The van der Waals surface area contributed by atoms with Gasteiger partial charge in [0.2, 0.25) is 11.8 Å². The molecule has 0 bridgehead atoms. The van der Waals surface area contributed by atoms with E-state index < -0.39 is 23.9 Å². The fraction of sp³-hybridized carbons (Fsp3) is 0.800. The molecule has 0 saturated carbocycles. The summed E-state index contributed by atoms with van der Waals surface area (Å²) in [5.41, 5.74) is 11.3. The number of Topliss-reactive ketones (excluding diaryl/α,β-unsaturated/α-hetero) is 1. The highest BCUT2D eigenvalue weighted by atomic mass is 16.2. The molecule has 1 heterocycles. The van der Waals surface area contributed by atoms with Crippen molar-refractivity contribution in [3.8, 4) is 0 Å². The maximum Gasteiger partial charge on any atom is 0.240 e. The molecule has 6 heteroatoms. The van der Waals surface area contributed by atoms with E-state index in [0.717, 1.165) is 6.42 Å². The summed E-state index contributed by atoms with van der Waals surface area (Å²) < 4.78 is 0. The summed E-state index contributed by atoms with van der Waals surface area (Å²) in [6.07, 6.45) is 1.32. The second-order valence-electron chi connectivity index (χ2n) is 6.49. The molecule has 3 atom stereocenters. The number of amides is 2. The van der Waals surface area contributed by atoms with Gasteiger partial charge in [-0.25, -0.2) is 0 Å².